The molecule has 1 saturated carbocycles. The smallest absolute Gasteiger partial charge is 0.214 e. The van der Waals surface area contributed by atoms with Gasteiger partial charge in [0.15, 0.2) is 0 Å². The standard InChI is InChI=1S/C9H15NO3S/c11-9-2-1-5-10(6-9)14(12,13)7-8-3-4-8/h8H,1-7H2. The lowest BCUT2D eigenvalue weighted by molar-refractivity contribution is -0.120. The Hall–Kier alpha value is -0.420. The highest BCUT2D eigenvalue weighted by molar-refractivity contribution is 7.89. The van der Waals surface area contributed by atoms with Crippen LogP contribution in [0.4, 0.5) is 0 Å². The van der Waals surface area contributed by atoms with Crippen molar-refractivity contribution in [1.29, 1.82) is 0 Å². The van der Waals surface area contributed by atoms with Crippen LogP contribution in [0.5, 0.6) is 0 Å². The number of ketones is 1. The Balaban J connectivity index is 2.00. The Morgan fingerprint density at radius 1 is 1.36 bits per heavy atom. The molecule has 4 nitrogen and oxygen atoms in total. The molecule has 14 heavy (non-hydrogen) atoms. The molecule has 0 aromatic carbocycles. The molecule has 0 aromatic rings. The van der Waals surface area contributed by atoms with Crippen LogP contribution in [0.3, 0.4) is 0 Å². The molecule has 0 aromatic heterocycles. The molecule has 0 unspecified atom stereocenters. The van der Waals surface area contributed by atoms with Gasteiger partial charge in [-0.2, -0.15) is 4.31 Å². The Morgan fingerprint density at radius 2 is 2.07 bits per heavy atom. The number of Topliss-reactive ketones (excluding diaryl/α,β-unsaturated/α-hetero) is 1. The fourth-order valence-corrected chi connectivity index (χ4v) is 3.62. The van der Waals surface area contributed by atoms with Gasteiger partial charge in [0.05, 0.1) is 12.3 Å². The van der Waals surface area contributed by atoms with Gasteiger partial charge < -0.3 is 0 Å². The Bertz CT molecular complexity index is 332. The number of carbonyl (C=O) groups is 1. The number of piperidine rings is 1. The van der Waals surface area contributed by atoms with E-state index in [-0.39, 0.29) is 18.1 Å². The summed E-state index contributed by atoms with van der Waals surface area (Å²) in [5, 5.41) is 0. The molecule has 5 heteroatoms. The minimum atomic E-state index is -3.14. The summed E-state index contributed by atoms with van der Waals surface area (Å²) in [6.45, 7) is 0.635. The highest BCUT2D eigenvalue weighted by Gasteiger charge is 2.33. The summed E-state index contributed by atoms with van der Waals surface area (Å²) >= 11 is 0. The van der Waals surface area contributed by atoms with E-state index in [0.717, 1.165) is 12.8 Å². The molecule has 1 aliphatic carbocycles. The summed E-state index contributed by atoms with van der Waals surface area (Å²) in [6.07, 6.45) is 3.28. The SMILES string of the molecule is O=C1CCCN(S(=O)(=O)CC2CC2)C1. The van der Waals surface area contributed by atoms with E-state index in [9.17, 15) is 13.2 Å². The molecule has 2 fully saturated rings. The topological polar surface area (TPSA) is 54.5 Å². The lowest BCUT2D eigenvalue weighted by Crippen LogP contribution is -2.41. The predicted octanol–water partition coefficient (Wildman–Crippen LogP) is 0.391. The average molecular weight is 217 g/mol. The summed E-state index contributed by atoms with van der Waals surface area (Å²) in [7, 11) is -3.14. The van der Waals surface area contributed by atoms with Crippen LogP contribution in [0.25, 0.3) is 0 Å². The van der Waals surface area contributed by atoms with Crippen molar-refractivity contribution in [2.75, 3.05) is 18.8 Å². The fourth-order valence-electron chi connectivity index (χ4n) is 1.73. The Morgan fingerprint density at radius 3 is 2.64 bits per heavy atom. The number of hydrogen-bond donors (Lipinski definition) is 0. The molecule has 0 radical (unpaired) electrons. The quantitative estimate of drug-likeness (QED) is 0.687. The number of rotatable bonds is 3. The molecule has 2 rings (SSSR count). The van der Waals surface area contributed by atoms with Crippen LogP contribution in [0, 0.1) is 5.92 Å². The zero-order valence-corrected chi connectivity index (χ0v) is 8.92. The minimum absolute atomic E-state index is 0.0515. The summed E-state index contributed by atoms with van der Waals surface area (Å²) in [5.74, 6) is 0.660. The van der Waals surface area contributed by atoms with Gasteiger partial charge >= 0.3 is 0 Å². The maximum atomic E-state index is 11.8. The van der Waals surface area contributed by atoms with E-state index in [4.69, 9.17) is 0 Å². The van der Waals surface area contributed by atoms with Crippen molar-refractivity contribution in [3.63, 3.8) is 0 Å². The van der Waals surface area contributed by atoms with Crippen LogP contribution in [0.15, 0.2) is 0 Å². The lowest BCUT2D eigenvalue weighted by Gasteiger charge is -2.24. The number of nitrogens with zero attached hydrogens (tertiary/aromatic N) is 1. The van der Waals surface area contributed by atoms with Crippen molar-refractivity contribution in [1.82, 2.24) is 4.31 Å². The highest BCUT2D eigenvalue weighted by atomic mass is 32.2. The molecule has 0 bridgehead atoms. The van der Waals surface area contributed by atoms with Gasteiger partial charge in [-0.3, -0.25) is 4.79 Å². The van der Waals surface area contributed by atoms with Crippen LogP contribution in [-0.4, -0.2) is 37.3 Å². The van der Waals surface area contributed by atoms with E-state index in [1.54, 1.807) is 0 Å². The molecule has 2 aliphatic rings. The second kappa shape index (κ2) is 3.62. The van der Waals surface area contributed by atoms with Crippen LogP contribution < -0.4 is 0 Å². The summed E-state index contributed by atoms with van der Waals surface area (Å²) in [5.41, 5.74) is 0. The van der Waals surface area contributed by atoms with Crippen LogP contribution in [-0.2, 0) is 14.8 Å². The number of carbonyl (C=O) groups excluding carboxylic acids is 1. The van der Waals surface area contributed by atoms with Crippen molar-refractivity contribution in [2.45, 2.75) is 25.7 Å². The van der Waals surface area contributed by atoms with Gasteiger partial charge in [-0.25, -0.2) is 8.42 Å². The van der Waals surface area contributed by atoms with Gasteiger partial charge in [-0.15, -0.1) is 0 Å². The Kier molecular flexibility index (Phi) is 2.62. The van der Waals surface area contributed by atoms with Gasteiger partial charge in [-0.05, 0) is 25.2 Å². The Labute approximate surface area is 84.3 Å². The van der Waals surface area contributed by atoms with Gasteiger partial charge in [0, 0.05) is 13.0 Å². The zero-order valence-electron chi connectivity index (χ0n) is 8.11. The molecule has 0 atom stereocenters. The minimum Gasteiger partial charge on any atom is -0.298 e. The summed E-state index contributed by atoms with van der Waals surface area (Å²) in [6, 6.07) is 0. The van der Waals surface area contributed by atoms with E-state index in [1.807, 2.05) is 0 Å². The van der Waals surface area contributed by atoms with Crippen molar-refractivity contribution in [3.8, 4) is 0 Å². The van der Waals surface area contributed by atoms with Crippen LogP contribution >= 0.6 is 0 Å². The molecule has 0 spiro atoms. The van der Waals surface area contributed by atoms with Crippen LogP contribution in [0.1, 0.15) is 25.7 Å². The maximum Gasteiger partial charge on any atom is 0.214 e. The first-order valence-electron chi connectivity index (χ1n) is 5.07. The zero-order chi connectivity index (χ0) is 10.2. The van der Waals surface area contributed by atoms with Crippen molar-refractivity contribution in [3.05, 3.63) is 0 Å². The molecule has 0 N–H and O–H groups in total. The average Bonchev–Trinajstić information content (AvgIpc) is 2.87. The van der Waals surface area contributed by atoms with Gasteiger partial charge in [0.2, 0.25) is 10.0 Å². The molecule has 0 amide bonds. The lowest BCUT2D eigenvalue weighted by atomic mass is 10.1. The molecule has 80 valence electrons. The first-order valence-corrected chi connectivity index (χ1v) is 6.68. The predicted molar refractivity (Wildman–Crippen MR) is 52.3 cm³/mol. The van der Waals surface area contributed by atoms with E-state index in [0.29, 0.717) is 25.3 Å². The monoisotopic (exact) mass is 217 g/mol. The van der Waals surface area contributed by atoms with Crippen molar-refractivity contribution in [2.24, 2.45) is 5.92 Å². The van der Waals surface area contributed by atoms with Crippen LogP contribution in [0.2, 0.25) is 0 Å². The molecule has 1 heterocycles. The van der Waals surface area contributed by atoms with E-state index >= 15 is 0 Å². The number of hydrogen-bond acceptors (Lipinski definition) is 3. The van der Waals surface area contributed by atoms with E-state index < -0.39 is 10.0 Å². The fraction of sp³-hybridized carbons (Fsp3) is 0.889. The summed E-state index contributed by atoms with van der Waals surface area (Å²) < 4.78 is 24.9. The second-order valence-electron chi connectivity index (χ2n) is 4.20. The molecular weight excluding hydrogens is 202 g/mol. The van der Waals surface area contributed by atoms with E-state index in [2.05, 4.69) is 0 Å². The third-order valence-corrected chi connectivity index (χ3v) is 4.74. The van der Waals surface area contributed by atoms with Crippen molar-refractivity contribution < 1.29 is 13.2 Å². The first kappa shape index (κ1) is 10.1. The van der Waals surface area contributed by atoms with Gasteiger partial charge in [0.1, 0.15) is 5.78 Å². The third kappa shape index (κ3) is 2.33. The highest BCUT2D eigenvalue weighted by Crippen LogP contribution is 2.31. The van der Waals surface area contributed by atoms with E-state index in [1.165, 1.54) is 4.31 Å². The third-order valence-electron chi connectivity index (χ3n) is 2.75. The summed E-state index contributed by atoms with van der Waals surface area (Å²) in [4.78, 5) is 11.1. The first-order chi connectivity index (χ1) is 6.58. The molecular formula is C9H15NO3S. The second-order valence-corrected chi connectivity index (χ2v) is 6.21. The van der Waals surface area contributed by atoms with Gasteiger partial charge in [0.25, 0.3) is 0 Å². The molecule has 1 saturated heterocycles. The number of sulfonamides is 1. The largest absolute Gasteiger partial charge is 0.298 e. The maximum absolute atomic E-state index is 11.8. The van der Waals surface area contributed by atoms with Gasteiger partial charge in [-0.1, -0.05) is 0 Å². The molecule has 1 aliphatic heterocycles. The van der Waals surface area contributed by atoms with Crippen molar-refractivity contribution >= 4 is 15.8 Å². The normalized spacial score (nSPS) is 25.3.